The van der Waals surface area contributed by atoms with Crippen LogP contribution in [0.3, 0.4) is 0 Å². The molecule has 0 aliphatic carbocycles. The Kier molecular flexibility index (Phi) is 6.44. The van der Waals surface area contributed by atoms with Gasteiger partial charge in [0.1, 0.15) is 0 Å². The summed E-state index contributed by atoms with van der Waals surface area (Å²) in [5, 5.41) is 0. The minimum atomic E-state index is 0.298. The summed E-state index contributed by atoms with van der Waals surface area (Å²) in [6, 6.07) is 0. The number of nitrogens with two attached hydrogens (primary N) is 1. The molecule has 0 bridgehead atoms. The normalized spacial score (nSPS) is 25.6. The van der Waals surface area contributed by atoms with Crippen LogP contribution in [-0.2, 0) is 9.47 Å². The van der Waals surface area contributed by atoms with Crippen molar-refractivity contribution >= 4 is 5.96 Å². The molecule has 5 heteroatoms. The maximum atomic E-state index is 6.02. The summed E-state index contributed by atoms with van der Waals surface area (Å²) in [4.78, 5) is 6.61. The third-order valence-electron chi connectivity index (χ3n) is 3.77. The fourth-order valence-corrected chi connectivity index (χ4v) is 2.62. The van der Waals surface area contributed by atoms with Crippen molar-refractivity contribution in [2.24, 2.45) is 10.7 Å². The van der Waals surface area contributed by atoms with Gasteiger partial charge in [-0.3, -0.25) is 4.99 Å². The van der Waals surface area contributed by atoms with Gasteiger partial charge >= 0.3 is 0 Å². The molecule has 2 fully saturated rings. The van der Waals surface area contributed by atoms with Crippen LogP contribution in [-0.4, -0.2) is 56.4 Å². The van der Waals surface area contributed by atoms with E-state index >= 15 is 0 Å². The first-order valence-corrected chi connectivity index (χ1v) is 7.60. The molecule has 1 atom stereocenters. The van der Waals surface area contributed by atoms with Crippen molar-refractivity contribution in [3.05, 3.63) is 0 Å². The first-order chi connectivity index (χ1) is 9.36. The zero-order valence-corrected chi connectivity index (χ0v) is 11.9. The van der Waals surface area contributed by atoms with Crippen LogP contribution in [0.25, 0.3) is 0 Å². The van der Waals surface area contributed by atoms with E-state index in [0.29, 0.717) is 31.8 Å². The van der Waals surface area contributed by atoms with Crippen molar-refractivity contribution in [3.8, 4) is 0 Å². The molecule has 5 nitrogen and oxygen atoms in total. The summed E-state index contributed by atoms with van der Waals surface area (Å²) in [7, 11) is 0. The van der Waals surface area contributed by atoms with Crippen molar-refractivity contribution < 1.29 is 9.47 Å². The topological polar surface area (TPSA) is 60.1 Å². The smallest absolute Gasteiger partial charge is 0.191 e. The average molecular weight is 269 g/mol. The average Bonchev–Trinajstić information content (AvgIpc) is 2.78. The molecule has 19 heavy (non-hydrogen) atoms. The standard InChI is InChI=1S/C14H27N3O2/c15-14(17-8-3-1-2-4-9-17)16-7-11-18-12-13-6-5-10-19-13/h13H,1-12H2,(H2,15,16)/t13-/m0/s1. The zero-order chi connectivity index (χ0) is 13.3. The first-order valence-electron chi connectivity index (χ1n) is 7.60. The molecule has 2 rings (SSSR count). The van der Waals surface area contributed by atoms with E-state index in [4.69, 9.17) is 15.2 Å². The fraction of sp³-hybridized carbons (Fsp3) is 0.929. The Morgan fingerprint density at radius 1 is 1.21 bits per heavy atom. The molecule has 2 N–H and O–H groups in total. The third kappa shape index (κ3) is 5.37. The molecule has 2 saturated heterocycles. The highest BCUT2D eigenvalue weighted by Gasteiger charge is 2.15. The number of rotatable bonds is 5. The van der Waals surface area contributed by atoms with Gasteiger partial charge in [-0.2, -0.15) is 0 Å². The van der Waals surface area contributed by atoms with Crippen LogP contribution in [0.5, 0.6) is 0 Å². The van der Waals surface area contributed by atoms with Gasteiger partial charge < -0.3 is 20.1 Å². The van der Waals surface area contributed by atoms with E-state index in [2.05, 4.69) is 9.89 Å². The number of hydrogen-bond acceptors (Lipinski definition) is 3. The van der Waals surface area contributed by atoms with Crippen molar-refractivity contribution in [2.45, 2.75) is 44.6 Å². The van der Waals surface area contributed by atoms with Crippen molar-refractivity contribution in [1.82, 2.24) is 4.90 Å². The molecule has 0 unspecified atom stereocenters. The summed E-state index contributed by atoms with van der Waals surface area (Å²) in [5.74, 6) is 0.683. The van der Waals surface area contributed by atoms with Crippen molar-refractivity contribution in [2.75, 3.05) is 39.5 Å². The van der Waals surface area contributed by atoms with Crippen LogP contribution in [0.1, 0.15) is 38.5 Å². The highest BCUT2D eigenvalue weighted by atomic mass is 16.5. The Bertz CT molecular complexity index is 270. The lowest BCUT2D eigenvalue weighted by molar-refractivity contribution is 0.0199. The molecule has 2 aliphatic heterocycles. The van der Waals surface area contributed by atoms with E-state index < -0.39 is 0 Å². The number of ether oxygens (including phenoxy) is 2. The summed E-state index contributed by atoms with van der Waals surface area (Å²) < 4.78 is 11.1. The predicted molar refractivity (Wildman–Crippen MR) is 76.3 cm³/mol. The maximum absolute atomic E-state index is 6.02. The maximum Gasteiger partial charge on any atom is 0.191 e. The largest absolute Gasteiger partial charge is 0.377 e. The van der Waals surface area contributed by atoms with E-state index in [-0.39, 0.29) is 0 Å². The summed E-state index contributed by atoms with van der Waals surface area (Å²) in [5.41, 5.74) is 6.02. The van der Waals surface area contributed by atoms with Gasteiger partial charge in [-0.05, 0) is 25.7 Å². The molecule has 2 heterocycles. The monoisotopic (exact) mass is 269 g/mol. The Labute approximate surface area is 116 Å². The molecule has 0 saturated carbocycles. The third-order valence-corrected chi connectivity index (χ3v) is 3.77. The Morgan fingerprint density at radius 3 is 2.68 bits per heavy atom. The lowest BCUT2D eigenvalue weighted by atomic mass is 10.2. The van der Waals surface area contributed by atoms with Gasteiger partial charge in [0, 0.05) is 19.7 Å². The quantitative estimate of drug-likeness (QED) is 0.465. The minimum Gasteiger partial charge on any atom is -0.377 e. The van der Waals surface area contributed by atoms with Crippen molar-refractivity contribution in [1.29, 1.82) is 0 Å². The number of nitrogens with zero attached hydrogens (tertiary/aromatic N) is 2. The van der Waals surface area contributed by atoms with Crippen LogP contribution in [0.4, 0.5) is 0 Å². The molecule has 0 amide bonds. The zero-order valence-electron chi connectivity index (χ0n) is 11.9. The fourth-order valence-electron chi connectivity index (χ4n) is 2.62. The van der Waals surface area contributed by atoms with E-state index in [1.54, 1.807) is 0 Å². The molecule has 0 spiro atoms. The molecule has 0 radical (unpaired) electrons. The van der Waals surface area contributed by atoms with Crippen LogP contribution in [0.15, 0.2) is 4.99 Å². The second kappa shape index (κ2) is 8.38. The van der Waals surface area contributed by atoms with E-state index in [9.17, 15) is 0 Å². The summed E-state index contributed by atoms with van der Waals surface area (Å²) in [6.07, 6.45) is 7.67. The van der Waals surface area contributed by atoms with Gasteiger partial charge in [0.2, 0.25) is 0 Å². The van der Waals surface area contributed by atoms with Gasteiger partial charge in [-0.1, -0.05) is 12.8 Å². The van der Waals surface area contributed by atoms with Crippen LogP contribution in [0.2, 0.25) is 0 Å². The molecular weight excluding hydrogens is 242 g/mol. The summed E-state index contributed by atoms with van der Waals surface area (Å²) in [6.45, 7) is 4.95. The predicted octanol–water partition coefficient (Wildman–Crippen LogP) is 1.37. The van der Waals surface area contributed by atoms with Gasteiger partial charge in [0.05, 0.1) is 25.9 Å². The SMILES string of the molecule is NC(=NCCOC[C@@H]1CCCO1)N1CCCCCC1. The van der Waals surface area contributed by atoms with Gasteiger partial charge in [-0.15, -0.1) is 0 Å². The molecule has 2 aliphatic rings. The Morgan fingerprint density at radius 2 is 2.00 bits per heavy atom. The highest BCUT2D eigenvalue weighted by molar-refractivity contribution is 5.78. The minimum absolute atomic E-state index is 0.298. The molecule has 0 aromatic rings. The lowest BCUT2D eigenvalue weighted by Gasteiger charge is -2.21. The molecular formula is C14H27N3O2. The second-order valence-electron chi connectivity index (χ2n) is 5.35. The number of hydrogen-bond donors (Lipinski definition) is 1. The number of likely N-dealkylation sites (tertiary alicyclic amines) is 1. The Hall–Kier alpha value is -0.810. The van der Waals surface area contributed by atoms with Crippen LogP contribution in [0, 0.1) is 0 Å². The van der Waals surface area contributed by atoms with E-state index in [0.717, 1.165) is 32.5 Å². The molecule has 0 aromatic carbocycles. The number of guanidine groups is 1. The lowest BCUT2D eigenvalue weighted by Crippen LogP contribution is -2.38. The first kappa shape index (κ1) is 14.6. The van der Waals surface area contributed by atoms with E-state index in [1.165, 1.54) is 25.7 Å². The summed E-state index contributed by atoms with van der Waals surface area (Å²) >= 11 is 0. The highest BCUT2D eigenvalue weighted by Crippen LogP contribution is 2.12. The molecule has 0 aromatic heterocycles. The second-order valence-corrected chi connectivity index (χ2v) is 5.35. The van der Waals surface area contributed by atoms with Gasteiger partial charge in [0.15, 0.2) is 5.96 Å². The van der Waals surface area contributed by atoms with E-state index in [1.807, 2.05) is 0 Å². The van der Waals surface area contributed by atoms with Crippen LogP contribution < -0.4 is 5.73 Å². The van der Waals surface area contributed by atoms with Crippen LogP contribution >= 0.6 is 0 Å². The van der Waals surface area contributed by atoms with Gasteiger partial charge in [-0.25, -0.2) is 0 Å². The molecule has 110 valence electrons. The van der Waals surface area contributed by atoms with Crippen molar-refractivity contribution in [3.63, 3.8) is 0 Å². The number of aliphatic imine (C=N–C) groups is 1. The Balaban J connectivity index is 1.58. The van der Waals surface area contributed by atoms with Gasteiger partial charge in [0.25, 0.3) is 0 Å².